The molecule has 0 N–H and O–H groups in total. The zero-order valence-electron chi connectivity index (χ0n) is 10.8. The molecule has 1 aromatic rings. The number of esters is 1. The van der Waals surface area contributed by atoms with E-state index in [-0.39, 0.29) is 6.54 Å². The third-order valence-electron chi connectivity index (χ3n) is 2.63. The first-order chi connectivity index (χ1) is 8.83. The maximum Gasteiger partial charge on any atom is 0.401 e. The molecule has 0 amide bonds. The summed E-state index contributed by atoms with van der Waals surface area (Å²) in [7, 11) is 2.55. The molecule has 0 saturated heterocycles. The minimum Gasteiger partial charge on any atom is -0.469 e. The van der Waals surface area contributed by atoms with Gasteiger partial charge in [0, 0.05) is 6.54 Å². The normalized spacial score (nSPS) is 13.4. The summed E-state index contributed by atoms with van der Waals surface area (Å²) < 4.78 is 41.5. The van der Waals surface area contributed by atoms with Crippen molar-refractivity contribution < 1.29 is 22.7 Å². The fraction of sp³-hybridized carbons (Fsp3) is 0.462. The number of rotatable bonds is 5. The van der Waals surface area contributed by atoms with Gasteiger partial charge in [0.2, 0.25) is 0 Å². The Morgan fingerprint density at radius 1 is 1.32 bits per heavy atom. The van der Waals surface area contributed by atoms with Gasteiger partial charge in [0.25, 0.3) is 0 Å². The molecule has 0 saturated carbocycles. The molecule has 3 nitrogen and oxygen atoms in total. The van der Waals surface area contributed by atoms with Crippen LogP contribution in [0.1, 0.15) is 11.5 Å². The van der Waals surface area contributed by atoms with Crippen molar-refractivity contribution in [2.75, 3.05) is 27.2 Å². The van der Waals surface area contributed by atoms with Crippen molar-refractivity contribution in [3.63, 3.8) is 0 Å². The minimum absolute atomic E-state index is 0.0454. The number of nitrogens with zero attached hydrogens (tertiary/aromatic N) is 1. The average Bonchev–Trinajstić information content (AvgIpc) is 2.34. The number of carbonyl (C=O) groups excluding carboxylic acids is 1. The Kier molecular flexibility index (Phi) is 5.35. The lowest BCUT2D eigenvalue weighted by molar-refractivity contribution is -0.150. The number of carbonyl (C=O) groups is 1. The van der Waals surface area contributed by atoms with E-state index in [4.69, 9.17) is 0 Å². The van der Waals surface area contributed by atoms with E-state index in [9.17, 15) is 18.0 Å². The summed E-state index contributed by atoms with van der Waals surface area (Å²) >= 11 is 0. The first-order valence-electron chi connectivity index (χ1n) is 5.71. The van der Waals surface area contributed by atoms with Crippen LogP contribution in [0, 0.1) is 0 Å². The predicted octanol–water partition coefficient (Wildman–Crippen LogP) is 2.44. The van der Waals surface area contributed by atoms with Crippen molar-refractivity contribution in [1.82, 2.24) is 4.90 Å². The molecule has 0 heterocycles. The van der Waals surface area contributed by atoms with Gasteiger partial charge in [-0.25, -0.2) is 0 Å². The highest BCUT2D eigenvalue weighted by Crippen LogP contribution is 2.21. The monoisotopic (exact) mass is 275 g/mol. The van der Waals surface area contributed by atoms with Gasteiger partial charge in [0.1, 0.15) is 0 Å². The molecule has 106 valence electrons. The molecule has 0 aliphatic rings. The SMILES string of the molecule is COC(=O)C(CN(C)CC(F)(F)F)c1ccccc1. The molecule has 1 rings (SSSR count). The fourth-order valence-electron chi connectivity index (χ4n) is 1.83. The van der Waals surface area contributed by atoms with Crippen LogP contribution in [0.2, 0.25) is 0 Å². The molecule has 0 fully saturated rings. The molecule has 0 radical (unpaired) electrons. The van der Waals surface area contributed by atoms with Gasteiger partial charge in [-0.2, -0.15) is 13.2 Å². The Morgan fingerprint density at radius 3 is 2.37 bits per heavy atom. The molecule has 0 aliphatic carbocycles. The first-order valence-corrected chi connectivity index (χ1v) is 5.71. The van der Waals surface area contributed by atoms with Gasteiger partial charge >= 0.3 is 12.1 Å². The van der Waals surface area contributed by atoms with Crippen molar-refractivity contribution in [1.29, 1.82) is 0 Å². The maximum atomic E-state index is 12.3. The second kappa shape index (κ2) is 6.56. The van der Waals surface area contributed by atoms with Gasteiger partial charge in [-0.1, -0.05) is 30.3 Å². The molecular weight excluding hydrogens is 259 g/mol. The largest absolute Gasteiger partial charge is 0.469 e. The highest BCUT2D eigenvalue weighted by molar-refractivity contribution is 5.78. The molecule has 1 atom stereocenters. The van der Waals surface area contributed by atoms with Crippen LogP contribution in [0.5, 0.6) is 0 Å². The fourth-order valence-corrected chi connectivity index (χ4v) is 1.83. The highest BCUT2D eigenvalue weighted by atomic mass is 19.4. The lowest BCUT2D eigenvalue weighted by atomic mass is 9.99. The van der Waals surface area contributed by atoms with Crippen LogP contribution in [0.4, 0.5) is 13.2 Å². The topological polar surface area (TPSA) is 29.5 Å². The standard InChI is InChI=1S/C13H16F3NO2/c1-17(9-13(14,15)16)8-11(12(18)19-2)10-6-4-3-5-7-10/h3-7,11H,8-9H2,1-2H3. The molecule has 0 aliphatic heterocycles. The van der Waals surface area contributed by atoms with Crippen molar-refractivity contribution >= 4 is 5.97 Å². The number of hydrogen-bond donors (Lipinski definition) is 0. The second-order valence-electron chi connectivity index (χ2n) is 4.30. The van der Waals surface area contributed by atoms with Crippen LogP contribution < -0.4 is 0 Å². The number of methoxy groups -OCH3 is 1. The summed E-state index contributed by atoms with van der Waals surface area (Å²) in [5.41, 5.74) is 0.642. The Bertz CT molecular complexity index is 406. The number of benzene rings is 1. The van der Waals surface area contributed by atoms with Crippen LogP contribution in [-0.2, 0) is 9.53 Å². The van der Waals surface area contributed by atoms with Gasteiger partial charge < -0.3 is 4.74 Å². The second-order valence-corrected chi connectivity index (χ2v) is 4.30. The third-order valence-corrected chi connectivity index (χ3v) is 2.63. The van der Waals surface area contributed by atoms with Crippen molar-refractivity contribution in [3.8, 4) is 0 Å². The molecule has 6 heteroatoms. The van der Waals surface area contributed by atoms with E-state index in [1.165, 1.54) is 14.2 Å². The highest BCUT2D eigenvalue weighted by Gasteiger charge is 2.31. The number of halogens is 3. The summed E-state index contributed by atoms with van der Waals surface area (Å²) in [6.45, 7) is -1.11. The van der Waals surface area contributed by atoms with E-state index in [2.05, 4.69) is 4.74 Å². The quantitative estimate of drug-likeness (QED) is 0.773. The van der Waals surface area contributed by atoms with Crippen LogP contribution in [0.25, 0.3) is 0 Å². The van der Waals surface area contributed by atoms with Gasteiger partial charge in [0.05, 0.1) is 19.6 Å². The molecule has 0 bridgehead atoms. The summed E-state index contributed by atoms with van der Waals surface area (Å²) in [6, 6.07) is 8.63. The van der Waals surface area contributed by atoms with Crippen LogP contribution in [-0.4, -0.2) is 44.3 Å². The Labute approximate surface area is 110 Å². The average molecular weight is 275 g/mol. The molecule has 1 aromatic carbocycles. The van der Waals surface area contributed by atoms with E-state index in [1.807, 2.05) is 0 Å². The Hall–Kier alpha value is -1.56. The number of likely N-dealkylation sites (N-methyl/N-ethyl adjacent to an activating group) is 1. The van der Waals surface area contributed by atoms with Crippen LogP contribution >= 0.6 is 0 Å². The lowest BCUT2D eigenvalue weighted by Gasteiger charge is -2.23. The molecule has 0 aromatic heterocycles. The van der Waals surface area contributed by atoms with Gasteiger partial charge in [0.15, 0.2) is 0 Å². The lowest BCUT2D eigenvalue weighted by Crippen LogP contribution is -2.36. The Balaban J connectivity index is 2.79. The number of alkyl halides is 3. The summed E-state index contributed by atoms with van der Waals surface area (Å²) in [4.78, 5) is 12.7. The molecule has 1 unspecified atom stereocenters. The van der Waals surface area contributed by atoms with Crippen LogP contribution in [0.15, 0.2) is 30.3 Å². The van der Waals surface area contributed by atoms with Gasteiger partial charge in [-0.15, -0.1) is 0 Å². The maximum absolute atomic E-state index is 12.3. The Morgan fingerprint density at radius 2 is 1.89 bits per heavy atom. The van der Waals surface area contributed by atoms with Crippen molar-refractivity contribution in [3.05, 3.63) is 35.9 Å². The molecule has 0 spiro atoms. The summed E-state index contributed by atoms with van der Waals surface area (Å²) in [5.74, 6) is -1.27. The van der Waals surface area contributed by atoms with E-state index >= 15 is 0 Å². The zero-order chi connectivity index (χ0) is 14.5. The summed E-state index contributed by atoms with van der Waals surface area (Å²) in [6.07, 6.45) is -4.29. The minimum atomic E-state index is -4.29. The first kappa shape index (κ1) is 15.5. The van der Waals surface area contributed by atoms with E-state index < -0.39 is 24.6 Å². The zero-order valence-corrected chi connectivity index (χ0v) is 10.8. The van der Waals surface area contributed by atoms with E-state index in [1.54, 1.807) is 30.3 Å². The predicted molar refractivity (Wildman–Crippen MR) is 64.8 cm³/mol. The smallest absolute Gasteiger partial charge is 0.401 e. The third kappa shape index (κ3) is 5.30. The van der Waals surface area contributed by atoms with Gasteiger partial charge in [-0.3, -0.25) is 9.69 Å². The van der Waals surface area contributed by atoms with E-state index in [0.29, 0.717) is 5.56 Å². The van der Waals surface area contributed by atoms with Gasteiger partial charge in [-0.05, 0) is 12.6 Å². The number of hydrogen-bond acceptors (Lipinski definition) is 3. The molecule has 19 heavy (non-hydrogen) atoms. The van der Waals surface area contributed by atoms with Crippen molar-refractivity contribution in [2.45, 2.75) is 12.1 Å². The van der Waals surface area contributed by atoms with Crippen LogP contribution in [0.3, 0.4) is 0 Å². The van der Waals surface area contributed by atoms with Crippen molar-refractivity contribution in [2.24, 2.45) is 0 Å². The number of ether oxygens (including phenoxy) is 1. The van der Waals surface area contributed by atoms with E-state index in [0.717, 1.165) is 4.90 Å². The molecular formula is C13H16F3NO2. The summed E-state index contributed by atoms with van der Waals surface area (Å²) in [5, 5.41) is 0.